The van der Waals surface area contributed by atoms with Crippen molar-refractivity contribution in [2.24, 2.45) is 0 Å². The van der Waals surface area contributed by atoms with E-state index in [1.807, 2.05) is 0 Å². The minimum atomic E-state index is 0.296. The van der Waals surface area contributed by atoms with Gasteiger partial charge in [-0.25, -0.2) is 0 Å². The topological polar surface area (TPSA) is 32.8 Å². The number of hydrogen-bond donors (Lipinski definition) is 0. The van der Waals surface area contributed by atoms with Crippen molar-refractivity contribution >= 4 is 5.91 Å². The molecule has 0 spiro atoms. The fourth-order valence-electron chi connectivity index (χ4n) is 4.44. The fraction of sp³-hybridized carbons (Fsp3) is 0.741. The Morgan fingerprint density at radius 2 is 1.84 bits per heavy atom. The number of carbonyl (C=O) groups is 1. The van der Waals surface area contributed by atoms with Crippen molar-refractivity contribution in [3.05, 3.63) is 29.3 Å². The molecular weight excluding hydrogens is 398 g/mol. The Bertz CT molecular complexity index is 699. The summed E-state index contributed by atoms with van der Waals surface area (Å²) in [6.07, 6.45) is 7.52. The van der Waals surface area contributed by atoms with Crippen LogP contribution in [-0.4, -0.2) is 86.7 Å². The van der Waals surface area contributed by atoms with Crippen LogP contribution in [0.4, 0.5) is 0 Å². The second-order valence-corrected chi connectivity index (χ2v) is 10.5. The molecule has 5 nitrogen and oxygen atoms in total. The zero-order valence-electron chi connectivity index (χ0n) is 21.7. The van der Waals surface area contributed by atoms with Crippen LogP contribution >= 0.6 is 0 Å². The third kappa shape index (κ3) is 9.11. The third-order valence-corrected chi connectivity index (χ3v) is 6.50. The molecule has 0 bridgehead atoms. The van der Waals surface area contributed by atoms with Crippen LogP contribution in [-0.2, 0) is 17.6 Å². The Labute approximate surface area is 197 Å². The summed E-state index contributed by atoms with van der Waals surface area (Å²) >= 11 is 0. The number of hydrogen-bond acceptors (Lipinski definition) is 3. The van der Waals surface area contributed by atoms with E-state index in [0.29, 0.717) is 18.5 Å². The highest BCUT2D eigenvalue weighted by molar-refractivity contribution is 5.78. The molecule has 0 saturated carbocycles. The molecule has 0 aromatic heterocycles. The SMILES string of the molecule is CCCCN(CCC[N+](C)(C)C)C(=O)CN(CCc1ccc2c(c1)CCO2)C(C)CCC. The minimum absolute atomic E-state index is 0.296. The number of carbonyl (C=O) groups excluding carboxylic acids is 1. The summed E-state index contributed by atoms with van der Waals surface area (Å²) in [5.41, 5.74) is 2.68. The summed E-state index contributed by atoms with van der Waals surface area (Å²) in [5, 5.41) is 0. The predicted molar refractivity (Wildman–Crippen MR) is 134 cm³/mol. The molecule has 1 aromatic carbocycles. The fourth-order valence-corrected chi connectivity index (χ4v) is 4.44. The molecule has 1 aromatic rings. The lowest BCUT2D eigenvalue weighted by atomic mass is 10.0. The molecule has 0 radical (unpaired) electrons. The van der Waals surface area contributed by atoms with Crippen LogP contribution in [0.15, 0.2) is 18.2 Å². The Morgan fingerprint density at radius 3 is 2.53 bits per heavy atom. The molecule has 1 aliphatic heterocycles. The number of rotatable bonds is 15. The van der Waals surface area contributed by atoms with E-state index >= 15 is 0 Å². The zero-order chi connectivity index (χ0) is 23.6. The molecule has 1 heterocycles. The average Bonchev–Trinajstić information content (AvgIpc) is 3.20. The monoisotopic (exact) mass is 446 g/mol. The summed E-state index contributed by atoms with van der Waals surface area (Å²) in [4.78, 5) is 17.9. The van der Waals surface area contributed by atoms with Gasteiger partial charge in [0.1, 0.15) is 5.75 Å². The maximum absolute atomic E-state index is 13.4. The highest BCUT2D eigenvalue weighted by Gasteiger charge is 2.22. The van der Waals surface area contributed by atoms with Gasteiger partial charge in [-0.3, -0.25) is 9.69 Å². The molecule has 32 heavy (non-hydrogen) atoms. The number of unbranched alkanes of at least 4 members (excludes halogenated alkanes) is 1. The van der Waals surface area contributed by atoms with Gasteiger partial charge < -0.3 is 14.1 Å². The lowest BCUT2D eigenvalue weighted by Gasteiger charge is -2.32. The normalized spacial score (nSPS) is 14.3. The van der Waals surface area contributed by atoms with Crippen LogP contribution in [0.5, 0.6) is 5.75 Å². The molecule has 2 rings (SSSR count). The number of quaternary nitrogens is 1. The number of benzene rings is 1. The lowest BCUT2D eigenvalue weighted by molar-refractivity contribution is -0.870. The molecule has 0 saturated heterocycles. The summed E-state index contributed by atoms with van der Waals surface area (Å²) in [7, 11) is 6.66. The maximum atomic E-state index is 13.4. The number of ether oxygens (including phenoxy) is 1. The number of amides is 1. The van der Waals surface area contributed by atoms with Crippen molar-refractivity contribution in [1.82, 2.24) is 9.80 Å². The summed E-state index contributed by atoms with van der Waals surface area (Å²) in [6.45, 7) is 11.8. The number of nitrogens with zero attached hydrogens (tertiary/aromatic N) is 3. The van der Waals surface area contributed by atoms with E-state index < -0.39 is 0 Å². The first kappa shape index (κ1) is 26.7. The van der Waals surface area contributed by atoms with Gasteiger partial charge in [-0.1, -0.05) is 38.8 Å². The predicted octanol–water partition coefficient (Wildman–Crippen LogP) is 4.38. The first-order valence-corrected chi connectivity index (χ1v) is 12.8. The summed E-state index contributed by atoms with van der Waals surface area (Å²) in [5.74, 6) is 1.34. The Kier molecular flexibility index (Phi) is 11.0. The van der Waals surface area contributed by atoms with E-state index in [1.54, 1.807) is 0 Å². The van der Waals surface area contributed by atoms with Crippen LogP contribution in [0.25, 0.3) is 0 Å². The highest BCUT2D eigenvalue weighted by atomic mass is 16.5. The van der Waals surface area contributed by atoms with Crippen molar-refractivity contribution in [2.75, 3.05) is 60.5 Å². The Morgan fingerprint density at radius 1 is 1.09 bits per heavy atom. The van der Waals surface area contributed by atoms with E-state index in [0.717, 1.165) is 88.0 Å². The molecule has 0 fully saturated rings. The average molecular weight is 447 g/mol. The third-order valence-electron chi connectivity index (χ3n) is 6.50. The summed E-state index contributed by atoms with van der Waals surface area (Å²) in [6, 6.07) is 7.02. The lowest BCUT2D eigenvalue weighted by Crippen LogP contribution is -2.46. The van der Waals surface area contributed by atoms with Gasteiger partial charge in [0, 0.05) is 38.5 Å². The molecular formula is C27H48N3O2+. The Hall–Kier alpha value is -1.59. The molecule has 1 amide bonds. The van der Waals surface area contributed by atoms with E-state index in [1.165, 1.54) is 11.1 Å². The second-order valence-electron chi connectivity index (χ2n) is 10.5. The van der Waals surface area contributed by atoms with Gasteiger partial charge in [-0.2, -0.15) is 0 Å². The molecule has 5 heteroatoms. The van der Waals surface area contributed by atoms with Crippen molar-refractivity contribution in [1.29, 1.82) is 0 Å². The Balaban J connectivity index is 1.99. The molecule has 1 atom stereocenters. The quantitative estimate of drug-likeness (QED) is 0.375. The van der Waals surface area contributed by atoms with E-state index in [2.05, 4.69) is 69.9 Å². The van der Waals surface area contributed by atoms with Crippen LogP contribution < -0.4 is 4.74 Å². The standard InChI is InChI=1S/C27H48N3O2/c1-7-9-16-28(17-10-19-30(4,5)6)27(31)22-29(23(3)11-8-2)18-14-24-12-13-26-25(21-24)15-20-32-26/h12-13,21,23H,7-11,14-20,22H2,1-6H3/q+1. The van der Waals surface area contributed by atoms with Gasteiger partial charge in [-0.05, 0) is 43.4 Å². The first-order valence-electron chi connectivity index (χ1n) is 12.8. The molecule has 0 N–H and O–H groups in total. The van der Waals surface area contributed by atoms with Crippen molar-refractivity contribution in [3.8, 4) is 5.75 Å². The maximum Gasteiger partial charge on any atom is 0.236 e. The van der Waals surface area contributed by atoms with Crippen LogP contribution in [0, 0.1) is 0 Å². The van der Waals surface area contributed by atoms with Crippen molar-refractivity contribution in [3.63, 3.8) is 0 Å². The first-order chi connectivity index (χ1) is 15.2. The zero-order valence-corrected chi connectivity index (χ0v) is 21.7. The van der Waals surface area contributed by atoms with Crippen LogP contribution in [0.3, 0.4) is 0 Å². The molecule has 1 aliphatic rings. The smallest absolute Gasteiger partial charge is 0.236 e. The van der Waals surface area contributed by atoms with Crippen molar-refractivity contribution in [2.45, 2.75) is 71.8 Å². The van der Waals surface area contributed by atoms with Gasteiger partial charge in [-0.15, -0.1) is 0 Å². The van der Waals surface area contributed by atoms with Gasteiger partial charge in [0.15, 0.2) is 0 Å². The van der Waals surface area contributed by atoms with E-state index in [9.17, 15) is 4.79 Å². The van der Waals surface area contributed by atoms with Crippen LogP contribution in [0.1, 0.15) is 64.0 Å². The van der Waals surface area contributed by atoms with Gasteiger partial charge in [0.2, 0.25) is 5.91 Å². The summed E-state index contributed by atoms with van der Waals surface area (Å²) < 4.78 is 6.60. The highest BCUT2D eigenvalue weighted by Crippen LogP contribution is 2.26. The van der Waals surface area contributed by atoms with Gasteiger partial charge in [0.05, 0.1) is 40.8 Å². The van der Waals surface area contributed by atoms with E-state index in [4.69, 9.17) is 4.74 Å². The second kappa shape index (κ2) is 13.2. The van der Waals surface area contributed by atoms with Crippen molar-refractivity contribution < 1.29 is 14.0 Å². The van der Waals surface area contributed by atoms with Crippen LogP contribution in [0.2, 0.25) is 0 Å². The van der Waals surface area contributed by atoms with Gasteiger partial charge >= 0.3 is 0 Å². The minimum Gasteiger partial charge on any atom is -0.493 e. The molecule has 0 aliphatic carbocycles. The van der Waals surface area contributed by atoms with Gasteiger partial charge in [0.25, 0.3) is 0 Å². The number of fused-ring (bicyclic) bond motifs is 1. The molecule has 182 valence electrons. The van der Waals surface area contributed by atoms with E-state index in [-0.39, 0.29) is 0 Å². The molecule has 1 unspecified atom stereocenters. The largest absolute Gasteiger partial charge is 0.493 e.